The van der Waals surface area contributed by atoms with Gasteiger partial charge in [0.2, 0.25) is 5.91 Å². The molecule has 1 saturated heterocycles. The fraction of sp³-hybridized carbons (Fsp3) is 0.462. The number of halogens is 1. The maximum absolute atomic E-state index is 11.8. The molecule has 1 heterocycles. The lowest BCUT2D eigenvalue weighted by molar-refractivity contribution is -0.127. The number of carbonyl (C=O) groups excluding carboxylic acids is 1. The van der Waals surface area contributed by atoms with E-state index in [1.807, 2.05) is 17.0 Å². The summed E-state index contributed by atoms with van der Waals surface area (Å²) in [7, 11) is 0. The first-order valence-electron chi connectivity index (χ1n) is 6.22. The van der Waals surface area contributed by atoms with Crippen LogP contribution in [-0.2, 0) is 11.2 Å². The fourth-order valence-corrected chi connectivity index (χ4v) is 2.75. The average molecular weight is 323 g/mol. The summed E-state index contributed by atoms with van der Waals surface area (Å²) >= 11 is 3.44. The van der Waals surface area contributed by atoms with Gasteiger partial charge < -0.3 is 4.90 Å². The van der Waals surface area contributed by atoms with Crippen molar-refractivity contribution in [1.29, 1.82) is 0 Å². The first-order chi connectivity index (χ1) is 9.19. The zero-order valence-corrected chi connectivity index (χ0v) is 12.1. The smallest absolute Gasteiger partial charge is 0.222 e. The van der Waals surface area contributed by atoms with Crippen molar-refractivity contribution in [2.24, 2.45) is 11.0 Å². The van der Waals surface area contributed by atoms with Gasteiger partial charge in [-0.2, -0.15) is 0 Å². The van der Waals surface area contributed by atoms with Gasteiger partial charge in [-0.05, 0) is 35.6 Å². The summed E-state index contributed by atoms with van der Waals surface area (Å²) in [5, 5.41) is 3.55. The molecule has 0 radical (unpaired) electrons. The van der Waals surface area contributed by atoms with Crippen molar-refractivity contribution in [3.63, 3.8) is 0 Å². The predicted octanol–water partition coefficient (Wildman–Crippen LogP) is 3.15. The average Bonchev–Trinajstić information content (AvgIpc) is 2.75. The minimum absolute atomic E-state index is 0.160. The Morgan fingerprint density at radius 1 is 1.53 bits per heavy atom. The van der Waals surface area contributed by atoms with E-state index in [1.54, 1.807) is 0 Å². The van der Waals surface area contributed by atoms with Crippen LogP contribution in [0, 0.1) is 5.92 Å². The van der Waals surface area contributed by atoms with Crippen LogP contribution in [0.3, 0.4) is 0 Å². The Hall–Kier alpha value is -1.52. The third-order valence-electron chi connectivity index (χ3n) is 3.26. The normalized spacial score (nSPS) is 18.5. The van der Waals surface area contributed by atoms with Crippen LogP contribution in [0.5, 0.6) is 0 Å². The van der Waals surface area contributed by atoms with E-state index in [2.05, 4.69) is 38.1 Å². The lowest BCUT2D eigenvalue weighted by Gasteiger charge is -2.16. The van der Waals surface area contributed by atoms with Crippen molar-refractivity contribution in [1.82, 2.24) is 4.90 Å². The molecule has 1 fully saturated rings. The van der Waals surface area contributed by atoms with Gasteiger partial charge in [-0.25, -0.2) is 0 Å². The molecule has 100 valence electrons. The van der Waals surface area contributed by atoms with Crippen LogP contribution in [0.15, 0.2) is 33.9 Å². The van der Waals surface area contributed by atoms with E-state index in [1.165, 1.54) is 5.56 Å². The molecular weight excluding hydrogens is 308 g/mol. The molecule has 5 nitrogen and oxygen atoms in total. The molecule has 6 heteroatoms. The van der Waals surface area contributed by atoms with Crippen molar-refractivity contribution in [2.75, 3.05) is 19.6 Å². The highest BCUT2D eigenvalue weighted by atomic mass is 79.9. The molecule has 0 saturated carbocycles. The maximum atomic E-state index is 11.8. The second-order valence-corrected chi connectivity index (χ2v) is 5.62. The van der Waals surface area contributed by atoms with Gasteiger partial charge in [0.15, 0.2) is 0 Å². The molecule has 0 N–H and O–H groups in total. The molecule has 19 heavy (non-hydrogen) atoms. The minimum Gasteiger partial charge on any atom is -0.342 e. The van der Waals surface area contributed by atoms with E-state index in [9.17, 15) is 4.79 Å². The van der Waals surface area contributed by atoms with Crippen LogP contribution in [0.4, 0.5) is 0 Å². The number of benzene rings is 1. The number of hydrogen-bond acceptors (Lipinski definition) is 2. The number of rotatable bonds is 5. The Morgan fingerprint density at radius 3 is 3.11 bits per heavy atom. The van der Waals surface area contributed by atoms with Crippen molar-refractivity contribution in [2.45, 2.75) is 12.8 Å². The van der Waals surface area contributed by atoms with Gasteiger partial charge in [0.25, 0.3) is 0 Å². The van der Waals surface area contributed by atoms with Gasteiger partial charge in [-0.3, -0.25) is 4.79 Å². The fourth-order valence-electron chi connectivity index (χ4n) is 2.30. The molecule has 1 aromatic carbocycles. The molecule has 1 atom stereocenters. The molecule has 0 bridgehead atoms. The van der Waals surface area contributed by atoms with E-state index in [0.717, 1.165) is 17.4 Å². The number of likely N-dealkylation sites (tertiary alicyclic amines) is 1. The highest BCUT2D eigenvalue weighted by Crippen LogP contribution is 2.19. The van der Waals surface area contributed by atoms with Crippen LogP contribution >= 0.6 is 15.9 Å². The number of amides is 1. The van der Waals surface area contributed by atoms with Gasteiger partial charge in [0.05, 0.1) is 0 Å². The molecule has 1 amide bonds. The van der Waals surface area contributed by atoms with Crippen molar-refractivity contribution in [3.05, 3.63) is 44.7 Å². The Balaban J connectivity index is 1.86. The van der Waals surface area contributed by atoms with E-state index < -0.39 is 0 Å². The maximum Gasteiger partial charge on any atom is 0.222 e. The van der Waals surface area contributed by atoms with Gasteiger partial charge in [-0.15, -0.1) is 0 Å². The second-order valence-electron chi connectivity index (χ2n) is 4.70. The molecular formula is C13H15BrN4O. The number of carbonyl (C=O) groups is 1. The van der Waals surface area contributed by atoms with Crippen LogP contribution in [0.1, 0.15) is 12.0 Å². The number of nitrogens with zero attached hydrogens (tertiary/aromatic N) is 4. The third kappa shape index (κ3) is 3.98. The van der Waals surface area contributed by atoms with Crippen molar-refractivity contribution in [3.8, 4) is 0 Å². The van der Waals surface area contributed by atoms with E-state index in [4.69, 9.17) is 5.53 Å². The standard InChI is InChI=1S/C13H15BrN4O/c14-12-3-1-2-10(6-12)4-5-18-9-11(7-13(18)19)8-16-17-15/h1-3,6,11H,4-5,7-9H2. The Labute approximate surface area is 120 Å². The number of hydrogen-bond donors (Lipinski definition) is 0. The van der Waals surface area contributed by atoms with Crippen LogP contribution < -0.4 is 0 Å². The molecule has 2 rings (SSSR count). The summed E-state index contributed by atoms with van der Waals surface area (Å²) in [6, 6.07) is 8.11. The topological polar surface area (TPSA) is 69.1 Å². The summed E-state index contributed by atoms with van der Waals surface area (Å²) in [4.78, 5) is 16.4. The summed E-state index contributed by atoms with van der Waals surface area (Å²) in [5.74, 6) is 0.332. The van der Waals surface area contributed by atoms with Gasteiger partial charge in [0, 0.05) is 35.4 Å². The van der Waals surface area contributed by atoms with Gasteiger partial charge >= 0.3 is 0 Å². The molecule has 0 aliphatic carbocycles. The van der Waals surface area contributed by atoms with Crippen LogP contribution in [-0.4, -0.2) is 30.4 Å². The minimum atomic E-state index is 0.160. The predicted molar refractivity (Wildman–Crippen MR) is 76.5 cm³/mol. The van der Waals surface area contributed by atoms with Crippen LogP contribution in [0.2, 0.25) is 0 Å². The zero-order chi connectivity index (χ0) is 13.7. The lowest BCUT2D eigenvalue weighted by Crippen LogP contribution is -2.27. The molecule has 0 aromatic heterocycles. The first-order valence-corrected chi connectivity index (χ1v) is 7.01. The quantitative estimate of drug-likeness (QED) is 0.466. The van der Waals surface area contributed by atoms with E-state index in [0.29, 0.717) is 19.5 Å². The summed E-state index contributed by atoms with van der Waals surface area (Å²) < 4.78 is 1.05. The summed E-state index contributed by atoms with van der Waals surface area (Å²) in [5.41, 5.74) is 9.50. The zero-order valence-electron chi connectivity index (χ0n) is 10.5. The van der Waals surface area contributed by atoms with E-state index in [-0.39, 0.29) is 11.8 Å². The molecule has 1 aromatic rings. The first kappa shape index (κ1) is 13.9. The molecule has 1 aliphatic heterocycles. The monoisotopic (exact) mass is 322 g/mol. The largest absolute Gasteiger partial charge is 0.342 e. The highest BCUT2D eigenvalue weighted by Gasteiger charge is 2.28. The molecule has 1 unspecified atom stereocenters. The van der Waals surface area contributed by atoms with Crippen LogP contribution in [0.25, 0.3) is 10.4 Å². The van der Waals surface area contributed by atoms with E-state index >= 15 is 0 Å². The Kier molecular flexibility index (Phi) is 4.82. The van der Waals surface area contributed by atoms with Gasteiger partial charge in [-0.1, -0.05) is 33.2 Å². The van der Waals surface area contributed by atoms with Crippen molar-refractivity contribution < 1.29 is 4.79 Å². The molecule has 0 spiro atoms. The SMILES string of the molecule is [N-]=[N+]=NCC1CC(=O)N(CCc2cccc(Br)c2)C1. The Bertz CT molecular complexity index is 513. The van der Waals surface area contributed by atoms with Crippen molar-refractivity contribution >= 4 is 21.8 Å². The Morgan fingerprint density at radius 2 is 2.37 bits per heavy atom. The third-order valence-corrected chi connectivity index (χ3v) is 3.75. The summed E-state index contributed by atoms with van der Waals surface area (Å²) in [6.07, 6.45) is 1.34. The highest BCUT2D eigenvalue weighted by molar-refractivity contribution is 9.10. The molecule has 1 aliphatic rings. The lowest BCUT2D eigenvalue weighted by atomic mass is 10.1. The summed E-state index contributed by atoms with van der Waals surface area (Å²) in [6.45, 7) is 1.84. The van der Waals surface area contributed by atoms with Gasteiger partial charge in [0.1, 0.15) is 0 Å². The number of azide groups is 1. The second kappa shape index (κ2) is 6.59.